The van der Waals surface area contributed by atoms with Gasteiger partial charge < -0.3 is 10.6 Å². The topological polar surface area (TPSA) is 87.3 Å². The summed E-state index contributed by atoms with van der Waals surface area (Å²) in [5.74, 6) is 1.42. The van der Waals surface area contributed by atoms with Crippen LogP contribution in [0.5, 0.6) is 0 Å². The lowest BCUT2D eigenvalue weighted by Gasteiger charge is -2.39. The second kappa shape index (κ2) is 9.16. The van der Waals surface area contributed by atoms with Crippen molar-refractivity contribution in [2.75, 3.05) is 22.3 Å². The van der Waals surface area contributed by atoms with E-state index in [9.17, 15) is 13.2 Å². The molecule has 1 fully saturated rings. The van der Waals surface area contributed by atoms with Gasteiger partial charge in [0.05, 0.1) is 11.4 Å². The molecule has 2 rings (SSSR count). The second-order valence-electron chi connectivity index (χ2n) is 8.98. The number of hydrogen-bond donors (Lipinski definition) is 3. The van der Waals surface area contributed by atoms with Crippen LogP contribution in [0.2, 0.25) is 0 Å². The zero-order chi connectivity index (χ0) is 20.9. The van der Waals surface area contributed by atoms with Crippen molar-refractivity contribution in [2.24, 2.45) is 17.3 Å². The molecule has 0 aliphatic heterocycles. The first-order valence-corrected chi connectivity index (χ1v) is 11.8. The average Bonchev–Trinajstić information content (AvgIpc) is 2.55. The number of urea groups is 1. The maximum atomic E-state index is 12.2. The minimum Gasteiger partial charge on any atom is -0.338 e. The summed E-state index contributed by atoms with van der Waals surface area (Å²) in [6.45, 7) is 11.0. The molecule has 2 atom stereocenters. The highest BCUT2D eigenvalue weighted by Gasteiger charge is 2.31. The average molecular weight is 410 g/mol. The molecule has 0 spiro atoms. The van der Waals surface area contributed by atoms with Gasteiger partial charge >= 0.3 is 6.03 Å². The Morgan fingerprint density at radius 2 is 1.96 bits per heavy atom. The predicted octanol–water partition coefficient (Wildman–Crippen LogP) is 4.73. The smallest absolute Gasteiger partial charge is 0.319 e. The van der Waals surface area contributed by atoms with Crippen molar-refractivity contribution in [3.8, 4) is 0 Å². The van der Waals surface area contributed by atoms with Crippen molar-refractivity contribution in [2.45, 2.75) is 60.3 Å². The summed E-state index contributed by atoms with van der Waals surface area (Å²) in [4.78, 5) is 12.2. The van der Waals surface area contributed by atoms with Crippen molar-refractivity contribution < 1.29 is 13.2 Å². The van der Waals surface area contributed by atoms with Crippen LogP contribution in [0.15, 0.2) is 18.2 Å². The Labute approximate surface area is 169 Å². The molecule has 0 aromatic heterocycles. The number of carbonyl (C=O) groups excluding carboxylic acids is 1. The number of nitrogens with one attached hydrogen (secondary N) is 3. The molecule has 1 saturated carbocycles. The van der Waals surface area contributed by atoms with Gasteiger partial charge in [-0.2, -0.15) is 0 Å². The fourth-order valence-corrected chi connectivity index (χ4v) is 5.13. The van der Waals surface area contributed by atoms with E-state index in [4.69, 9.17) is 0 Å². The number of benzene rings is 1. The van der Waals surface area contributed by atoms with Gasteiger partial charge in [-0.05, 0) is 80.5 Å². The highest BCUT2D eigenvalue weighted by atomic mass is 32.2. The van der Waals surface area contributed by atoms with Gasteiger partial charge in [-0.25, -0.2) is 13.2 Å². The molecule has 0 bridgehead atoms. The normalized spacial score (nSPS) is 21.8. The molecule has 2 unspecified atom stereocenters. The summed E-state index contributed by atoms with van der Waals surface area (Å²) >= 11 is 0. The van der Waals surface area contributed by atoms with Gasteiger partial charge in [0.1, 0.15) is 0 Å². The van der Waals surface area contributed by atoms with E-state index in [1.807, 2.05) is 6.92 Å². The van der Waals surface area contributed by atoms with Crippen LogP contribution < -0.4 is 15.4 Å². The fourth-order valence-electron chi connectivity index (χ4n) is 4.42. The number of carbonyl (C=O) groups is 1. The van der Waals surface area contributed by atoms with Crippen molar-refractivity contribution in [3.63, 3.8) is 0 Å². The Balaban J connectivity index is 1.82. The summed E-state index contributed by atoms with van der Waals surface area (Å²) in [6.07, 6.45) is 4.73. The van der Waals surface area contributed by atoms with Gasteiger partial charge in [-0.3, -0.25) is 4.72 Å². The van der Waals surface area contributed by atoms with Gasteiger partial charge in [0.25, 0.3) is 0 Å². The SMILES string of the molecule is CCS(=O)(=O)Nc1ccc(NC(=O)NCCC2CC(C)CC(C)(C)C2)cc1C. The Morgan fingerprint density at radius 3 is 2.57 bits per heavy atom. The number of aryl methyl sites for hydroxylation is 1. The van der Waals surface area contributed by atoms with E-state index in [-0.39, 0.29) is 11.8 Å². The third-order valence-electron chi connectivity index (χ3n) is 5.45. The molecule has 1 aliphatic rings. The predicted molar refractivity (Wildman–Crippen MR) is 116 cm³/mol. The summed E-state index contributed by atoms with van der Waals surface area (Å²) in [5.41, 5.74) is 2.32. The maximum absolute atomic E-state index is 12.2. The second-order valence-corrected chi connectivity index (χ2v) is 11.0. The summed E-state index contributed by atoms with van der Waals surface area (Å²) < 4.78 is 25.9. The third kappa shape index (κ3) is 7.00. The van der Waals surface area contributed by atoms with Gasteiger partial charge in [0, 0.05) is 12.2 Å². The zero-order valence-corrected chi connectivity index (χ0v) is 18.6. The minimum atomic E-state index is -3.32. The minimum absolute atomic E-state index is 0.0196. The number of rotatable bonds is 7. The molecule has 0 radical (unpaired) electrons. The molecule has 1 aromatic carbocycles. The van der Waals surface area contributed by atoms with Crippen LogP contribution in [0, 0.1) is 24.2 Å². The lowest BCUT2D eigenvalue weighted by atomic mass is 9.67. The standard InChI is InChI=1S/C21H35N3O3S/c1-6-28(26,27)24-19-8-7-18(12-16(19)3)23-20(25)22-10-9-17-11-15(2)13-21(4,5)14-17/h7-8,12,15,17,24H,6,9-11,13-14H2,1-5H3,(H2,22,23,25). The summed E-state index contributed by atoms with van der Waals surface area (Å²) in [6, 6.07) is 4.90. The quantitative estimate of drug-likeness (QED) is 0.608. The molecule has 0 saturated heterocycles. The van der Waals surface area contributed by atoms with Crippen molar-refractivity contribution in [1.82, 2.24) is 5.32 Å². The van der Waals surface area contributed by atoms with Crippen molar-refractivity contribution in [1.29, 1.82) is 0 Å². The molecule has 3 N–H and O–H groups in total. The summed E-state index contributed by atoms with van der Waals surface area (Å²) in [5, 5.41) is 5.76. The molecule has 1 aromatic rings. The van der Waals surface area contributed by atoms with Crippen LogP contribution >= 0.6 is 0 Å². The molecule has 6 nitrogen and oxygen atoms in total. The van der Waals surface area contributed by atoms with E-state index >= 15 is 0 Å². The number of hydrogen-bond acceptors (Lipinski definition) is 3. The van der Waals surface area contributed by atoms with Gasteiger partial charge in [0.15, 0.2) is 0 Å². The van der Waals surface area contributed by atoms with Gasteiger partial charge in [-0.15, -0.1) is 0 Å². The highest BCUT2D eigenvalue weighted by Crippen LogP contribution is 2.42. The van der Waals surface area contributed by atoms with Gasteiger partial charge in [-0.1, -0.05) is 20.8 Å². The van der Waals surface area contributed by atoms with Crippen LogP contribution in [0.4, 0.5) is 16.2 Å². The molecular formula is C21H35N3O3S. The van der Waals surface area contributed by atoms with E-state index in [1.54, 1.807) is 25.1 Å². The lowest BCUT2D eigenvalue weighted by molar-refractivity contribution is 0.128. The van der Waals surface area contributed by atoms with E-state index in [0.717, 1.165) is 17.9 Å². The molecular weight excluding hydrogens is 374 g/mol. The molecule has 7 heteroatoms. The Kier molecular flexibility index (Phi) is 7.37. The third-order valence-corrected chi connectivity index (χ3v) is 6.74. The van der Waals surface area contributed by atoms with Crippen LogP contribution in [0.25, 0.3) is 0 Å². The molecule has 2 amide bonds. The Hall–Kier alpha value is -1.76. The van der Waals surface area contributed by atoms with Crippen LogP contribution in [-0.4, -0.2) is 26.7 Å². The lowest BCUT2D eigenvalue weighted by Crippen LogP contribution is -2.33. The van der Waals surface area contributed by atoms with Crippen LogP contribution in [0.3, 0.4) is 0 Å². The van der Waals surface area contributed by atoms with Crippen LogP contribution in [-0.2, 0) is 10.0 Å². The number of anilines is 2. The Bertz CT molecular complexity index is 790. The fraction of sp³-hybridized carbons (Fsp3) is 0.667. The molecule has 0 heterocycles. The maximum Gasteiger partial charge on any atom is 0.319 e. The first kappa shape index (κ1) is 22.5. The van der Waals surface area contributed by atoms with E-state index in [2.05, 4.69) is 36.1 Å². The first-order valence-electron chi connectivity index (χ1n) is 10.2. The monoisotopic (exact) mass is 409 g/mol. The summed E-state index contributed by atoms with van der Waals surface area (Å²) in [7, 11) is -3.32. The van der Waals surface area contributed by atoms with E-state index in [0.29, 0.717) is 29.3 Å². The molecule has 28 heavy (non-hydrogen) atoms. The highest BCUT2D eigenvalue weighted by molar-refractivity contribution is 7.92. The Morgan fingerprint density at radius 1 is 1.25 bits per heavy atom. The van der Waals surface area contributed by atoms with Crippen LogP contribution in [0.1, 0.15) is 58.9 Å². The zero-order valence-electron chi connectivity index (χ0n) is 17.8. The van der Waals surface area contributed by atoms with Crippen molar-refractivity contribution in [3.05, 3.63) is 23.8 Å². The molecule has 158 valence electrons. The van der Waals surface area contributed by atoms with E-state index in [1.165, 1.54) is 19.3 Å². The van der Waals surface area contributed by atoms with E-state index < -0.39 is 10.0 Å². The van der Waals surface area contributed by atoms with Crippen molar-refractivity contribution >= 4 is 27.4 Å². The first-order chi connectivity index (χ1) is 13.0. The largest absolute Gasteiger partial charge is 0.338 e. The van der Waals surface area contributed by atoms with Gasteiger partial charge in [0.2, 0.25) is 10.0 Å². The molecule has 1 aliphatic carbocycles. The number of sulfonamides is 1. The number of amides is 2.